The summed E-state index contributed by atoms with van der Waals surface area (Å²) in [6.45, 7) is 2.79. The van der Waals surface area contributed by atoms with Crippen molar-refractivity contribution in [1.82, 2.24) is 4.90 Å². The molecule has 142 valence electrons. The Morgan fingerprint density at radius 2 is 2.04 bits per heavy atom. The molecule has 0 aliphatic carbocycles. The van der Waals surface area contributed by atoms with Gasteiger partial charge in [-0.25, -0.2) is 0 Å². The van der Waals surface area contributed by atoms with Crippen LogP contribution in [-0.2, 0) is 16.1 Å². The molecular formula is C21H25N3O3. The lowest BCUT2D eigenvalue weighted by Gasteiger charge is -2.29. The topological polar surface area (TPSA) is 61.9 Å². The van der Waals surface area contributed by atoms with Crippen molar-refractivity contribution in [1.29, 1.82) is 0 Å². The molecule has 1 aliphatic rings. The van der Waals surface area contributed by atoms with Crippen LogP contribution in [-0.4, -0.2) is 43.5 Å². The first-order valence-corrected chi connectivity index (χ1v) is 9.00. The molecule has 0 radical (unpaired) electrons. The zero-order chi connectivity index (χ0) is 19.4. The summed E-state index contributed by atoms with van der Waals surface area (Å²) < 4.78 is 5.26. The quantitative estimate of drug-likeness (QED) is 0.883. The average molecular weight is 367 g/mol. The first-order valence-electron chi connectivity index (χ1n) is 9.00. The number of nitrogens with zero attached hydrogens (tertiary/aromatic N) is 2. The number of carbonyl (C=O) groups is 2. The van der Waals surface area contributed by atoms with Crippen molar-refractivity contribution >= 4 is 23.2 Å². The van der Waals surface area contributed by atoms with E-state index in [0.29, 0.717) is 12.2 Å². The van der Waals surface area contributed by atoms with E-state index in [0.717, 1.165) is 17.0 Å². The molecule has 6 nitrogen and oxygen atoms in total. The molecule has 0 fully saturated rings. The Balaban J connectivity index is 1.75. The number of carbonyl (C=O) groups excluding carboxylic acids is 2. The predicted octanol–water partition coefficient (Wildman–Crippen LogP) is 2.89. The van der Waals surface area contributed by atoms with Gasteiger partial charge in [-0.2, -0.15) is 0 Å². The SMILES string of the molecule is COc1cccc(CN(C)CC(=O)N2c3ccccc3NC(=O)C[C@H]2C)c1. The van der Waals surface area contributed by atoms with Crippen molar-refractivity contribution in [2.45, 2.75) is 25.9 Å². The summed E-state index contributed by atoms with van der Waals surface area (Å²) in [5, 5.41) is 2.88. The highest BCUT2D eigenvalue weighted by Gasteiger charge is 2.29. The van der Waals surface area contributed by atoms with Gasteiger partial charge in [0.15, 0.2) is 0 Å². The Hall–Kier alpha value is -2.86. The number of fused-ring (bicyclic) bond motifs is 1. The van der Waals surface area contributed by atoms with E-state index < -0.39 is 0 Å². The monoisotopic (exact) mass is 367 g/mol. The third-order valence-electron chi connectivity index (χ3n) is 4.62. The number of rotatable bonds is 5. The Labute approximate surface area is 159 Å². The Kier molecular flexibility index (Phi) is 5.76. The van der Waals surface area contributed by atoms with E-state index >= 15 is 0 Å². The highest BCUT2D eigenvalue weighted by atomic mass is 16.5. The van der Waals surface area contributed by atoms with Crippen molar-refractivity contribution in [3.63, 3.8) is 0 Å². The van der Waals surface area contributed by atoms with E-state index in [-0.39, 0.29) is 30.8 Å². The highest BCUT2D eigenvalue weighted by molar-refractivity contribution is 6.04. The van der Waals surface area contributed by atoms with Crippen LogP contribution in [0.4, 0.5) is 11.4 Å². The Morgan fingerprint density at radius 1 is 1.26 bits per heavy atom. The third kappa shape index (κ3) is 4.46. The molecule has 0 bridgehead atoms. The molecule has 3 rings (SSSR count). The van der Waals surface area contributed by atoms with Crippen LogP contribution in [0, 0.1) is 0 Å². The van der Waals surface area contributed by atoms with Gasteiger partial charge in [0.2, 0.25) is 11.8 Å². The fraction of sp³-hybridized carbons (Fsp3) is 0.333. The zero-order valence-electron chi connectivity index (χ0n) is 15.9. The van der Waals surface area contributed by atoms with Gasteiger partial charge in [0.1, 0.15) is 5.75 Å². The third-order valence-corrected chi connectivity index (χ3v) is 4.62. The van der Waals surface area contributed by atoms with Gasteiger partial charge >= 0.3 is 0 Å². The number of amides is 2. The lowest BCUT2D eigenvalue weighted by Crippen LogP contribution is -2.44. The number of hydrogen-bond donors (Lipinski definition) is 1. The van der Waals surface area contributed by atoms with Crippen molar-refractivity contribution < 1.29 is 14.3 Å². The molecule has 1 N–H and O–H groups in total. The van der Waals surface area contributed by atoms with Gasteiger partial charge in [0.05, 0.1) is 25.0 Å². The minimum Gasteiger partial charge on any atom is -0.497 e. The van der Waals surface area contributed by atoms with Gasteiger partial charge in [0, 0.05) is 19.0 Å². The molecular weight excluding hydrogens is 342 g/mol. The van der Waals surface area contributed by atoms with Gasteiger partial charge in [-0.15, -0.1) is 0 Å². The molecule has 2 aromatic carbocycles. The summed E-state index contributed by atoms with van der Waals surface area (Å²) in [4.78, 5) is 28.8. The predicted molar refractivity (Wildman–Crippen MR) is 106 cm³/mol. The van der Waals surface area contributed by atoms with Crippen molar-refractivity contribution in [2.24, 2.45) is 0 Å². The summed E-state index contributed by atoms with van der Waals surface area (Å²) in [5.41, 5.74) is 2.50. The van der Waals surface area contributed by atoms with E-state index in [9.17, 15) is 9.59 Å². The largest absolute Gasteiger partial charge is 0.497 e. The maximum atomic E-state index is 13.1. The molecule has 1 atom stereocenters. The Bertz CT molecular complexity index is 837. The standard InChI is InChI=1S/C21H25N3O3/c1-15-11-20(25)22-18-9-4-5-10-19(18)24(15)21(26)14-23(2)13-16-7-6-8-17(12-16)27-3/h4-10,12,15H,11,13-14H2,1-3H3,(H,22,25)/t15-/m1/s1. The van der Waals surface area contributed by atoms with E-state index in [1.165, 1.54) is 0 Å². The summed E-state index contributed by atoms with van der Waals surface area (Å²) in [7, 11) is 3.55. The van der Waals surface area contributed by atoms with Crippen LogP contribution < -0.4 is 15.0 Å². The van der Waals surface area contributed by atoms with Crippen LogP contribution in [0.5, 0.6) is 5.75 Å². The fourth-order valence-corrected chi connectivity index (χ4v) is 3.41. The molecule has 0 spiro atoms. The molecule has 6 heteroatoms. The molecule has 0 aromatic heterocycles. The van der Waals surface area contributed by atoms with Crippen molar-refractivity contribution in [2.75, 3.05) is 30.9 Å². The van der Waals surface area contributed by atoms with Gasteiger partial charge < -0.3 is 15.0 Å². The smallest absolute Gasteiger partial charge is 0.241 e. The number of anilines is 2. The van der Waals surface area contributed by atoms with Crippen LogP contribution in [0.15, 0.2) is 48.5 Å². The van der Waals surface area contributed by atoms with E-state index in [1.807, 2.05) is 67.4 Å². The lowest BCUT2D eigenvalue weighted by molar-refractivity contribution is -0.120. The molecule has 2 aromatic rings. The maximum Gasteiger partial charge on any atom is 0.241 e. The van der Waals surface area contributed by atoms with Crippen molar-refractivity contribution in [3.8, 4) is 5.75 Å². The molecule has 0 saturated carbocycles. The second-order valence-electron chi connectivity index (χ2n) is 6.91. The minimum atomic E-state index is -0.202. The average Bonchev–Trinajstić information content (AvgIpc) is 2.75. The van der Waals surface area contributed by atoms with Crippen LogP contribution in [0.1, 0.15) is 18.9 Å². The highest BCUT2D eigenvalue weighted by Crippen LogP contribution is 2.31. The maximum absolute atomic E-state index is 13.1. The summed E-state index contributed by atoms with van der Waals surface area (Å²) >= 11 is 0. The normalized spacial score (nSPS) is 16.5. The molecule has 27 heavy (non-hydrogen) atoms. The van der Waals surface area contributed by atoms with Gasteiger partial charge in [0.25, 0.3) is 0 Å². The summed E-state index contributed by atoms with van der Waals surface area (Å²) in [6.07, 6.45) is 0.278. The van der Waals surface area contributed by atoms with Gasteiger partial charge in [-0.1, -0.05) is 24.3 Å². The number of hydrogen-bond acceptors (Lipinski definition) is 4. The number of para-hydroxylation sites is 2. The van der Waals surface area contributed by atoms with Gasteiger partial charge in [-0.05, 0) is 43.8 Å². The molecule has 1 heterocycles. The zero-order valence-corrected chi connectivity index (χ0v) is 15.9. The second-order valence-corrected chi connectivity index (χ2v) is 6.91. The van der Waals surface area contributed by atoms with Crippen LogP contribution in [0.3, 0.4) is 0 Å². The molecule has 0 unspecified atom stereocenters. The van der Waals surface area contributed by atoms with E-state index in [2.05, 4.69) is 5.32 Å². The summed E-state index contributed by atoms with van der Waals surface area (Å²) in [5.74, 6) is 0.693. The van der Waals surface area contributed by atoms with Gasteiger partial charge in [-0.3, -0.25) is 14.5 Å². The van der Waals surface area contributed by atoms with E-state index in [4.69, 9.17) is 4.74 Å². The van der Waals surface area contributed by atoms with Crippen LogP contribution >= 0.6 is 0 Å². The minimum absolute atomic E-state index is 0.0307. The number of likely N-dealkylation sites (N-methyl/N-ethyl adjacent to an activating group) is 1. The lowest BCUT2D eigenvalue weighted by atomic mass is 10.1. The fourth-order valence-electron chi connectivity index (χ4n) is 3.41. The van der Waals surface area contributed by atoms with Crippen LogP contribution in [0.25, 0.3) is 0 Å². The Morgan fingerprint density at radius 3 is 2.81 bits per heavy atom. The second kappa shape index (κ2) is 8.22. The first kappa shape index (κ1) is 18.9. The number of ether oxygens (including phenoxy) is 1. The molecule has 1 aliphatic heterocycles. The van der Waals surface area contributed by atoms with Crippen LogP contribution in [0.2, 0.25) is 0 Å². The number of methoxy groups -OCH3 is 1. The first-order chi connectivity index (χ1) is 13.0. The van der Waals surface area contributed by atoms with Crippen molar-refractivity contribution in [3.05, 3.63) is 54.1 Å². The summed E-state index contributed by atoms with van der Waals surface area (Å²) in [6, 6.07) is 15.0. The molecule has 2 amide bonds. The van der Waals surface area contributed by atoms with E-state index in [1.54, 1.807) is 12.0 Å². The number of benzene rings is 2. The molecule has 0 saturated heterocycles. The number of nitrogens with one attached hydrogen (secondary N) is 1.